The molecule has 0 aliphatic carbocycles. The second kappa shape index (κ2) is 7.52. The predicted molar refractivity (Wildman–Crippen MR) is 126 cm³/mol. The van der Waals surface area contributed by atoms with E-state index >= 15 is 0 Å². The van der Waals surface area contributed by atoms with Crippen molar-refractivity contribution < 1.29 is 9.53 Å². The molecular formula is C23H21NO2S3. The number of anilines is 1. The summed E-state index contributed by atoms with van der Waals surface area (Å²) in [6.45, 7) is 6.20. The van der Waals surface area contributed by atoms with Crippen molar-refractivity contribution >= 4 is 50.6 Å². The van der Waals surface area contributed by atoms with Crippen molar-refractivity contribution in [2.24, 2.45) is 0 Å². The molecule has 1 amide bonds. The Balaban J connectivity index is 1.82. The lowest BCUT2D eigenvalue weighted by Gasteiger charge is -2.42. The van der Waals surface area contributed by atoms with Crippen LogP contribution in [0.1, 0.15) is 29.9 Å². The van der Waals surface area contributed by atoms with Crippen LogP contribution >= 0.6 is 32.9 Å². The Morgan fingerprint density at radius 3 is 2.55 bits per heavy atom. The van der Waals surface area contributed by atoms with E-state index in [0.29, 0.717) is 0 Å². The average Bonchev–Trinajstić information content (AvgIpc) is 3.10. The molecule has 1 aliphatic heterocycles. The van der Waals surface area contributed by atoms with E-state index in [1.807, 2.05) is 60.4 Å². The largest absolute Gasteiger partial charge is 0.497 e. The number of rotatable bonds is 3. The SMILES string of the molecule is COc1ccc2c(c1)-c1c(ssc1=S)C(C)(C)N2C(=O)C=Cc1ccc(C)cc1. The quantitative estimate of drug-likeness (QED) is 0.255. The molecule has 3 aromatic rings. The molecule has 148 valence electrons. The Morgan fingerprint density at radius 1 is 1.14 bits per heavy atom. The van der Waals surface area contributed by atoms with Gasteiger partial charge in [-0.15, -0.1) is 0 Å². The zero-order valence-corrected chi connectivity index (χ0v) is 19.1. The number of amides is 1. The molecule has 0 bridgehead atoms. The maximum absolute atomic E-state index is 13.4. The van der Waals surface area contributed by atoms with Gasteiger partial charge in [-0.2, -0.15) is 0 Å². The van der Waals surface area contributed by atoms with Gasteiger partial charge in [0.05, 0.1) is 23.2 Å². The molecule has 3 nitrogen and oxygen atoms in total. The van der Waals surface area contributed by atoms with Gasteiger partial charge in [0.15, 0.2) is 0 Å². The smallest absolute Gasteiger partial charge is 0.251 e. The maximum Gasteiger partial charge on any atom is 0.251 e. The highest BCUT2D eigenvalue weighted by Gasteiger charge is 2.42. The zero-order chi connectivity index (χ0) is 20.8. The topological polar surface area (TPSA) is 29.5 Å². The highest BCUT2D eigenvalue weighted by atomic mass is 32.9. The first-order chi connectivity index (χ1) is 13.8. The van der Waals surface area contributed by atoms with E-state index in [4.69, 9.17) is 17.0 Å². The van der Waals surface area contributed by atoms with Gasteiger partial charge in [-0.1, -0.05) is 62.7 Å². The monoisotopic (exact) mass is 439 g/mol. The molecule has 0 saturated carbocycles. The fourth-order valence-electron chi connectivity index (χ4n) is 3.65. The first kappa shape index (κ1) is 20.0. The Labute approximate surface area is 183 Å². The van der Waals surface area contributed by atoms with Crippen LogP contribution < -0.4 is 9.64 Å². The van der Waals surface area contributed by atoms with Crippen molar-refractivity contribution in [3.05, 3.63) is 68.4 Å². The van der Waals surface area contributed by atoms with Gasteiger partial charge < -0.3 is 4.74 Å². The summed E-state index contributed by atoms with van der Waals surface area (Å²) in [6, 6.07) is 13.9. The molecule has 6 heteroatoms. The summed E-state index contributed by atoms with van der Waals surface area (Å²) in [5.41, 5.74) is 4.57. The van der Waals surface area contributed by atoms with Crippen LogP contribution in [-0.2, 0) is 10.3 Å². The standard InChI is InChI=1S/C23H21NO2S3/c1-14-5-7-15(8-6-14)9-12-19(25)24-18-11-10-16(26-4)13-17(18)20-21(23(24,2)3)28-29-22(20)27/h5-13H,1-4H3. The summed E-state index contributed by atoms with van der Waals surface area (Å²) < 4.78 is 6.29. The Bertz CT molecular complexity index is 1170. The average molecular weight is 440 g/mol. The van der Waals surface area contributed by atoms with Gasteiger partial charge >= 0.3 is 0 Å². The number of fused-ring (bicyclic) bond motifs is 3. The van der Waals surface area contributed by atoms with Gasteiger partial charge in [0.1, 0.15) is 9.57 Å². The summed E-state index contributed by atoms with van der Waals surface area (Å²) in [5, 5.41) is 0. The number of ether oxygens (including phenoxy) is 1. The minimum Gasteiger partial charge on any atom is -0.497 e. The molecule has 4 rings (SSSR count). The molecule has 0 N–H and O–H groups in total. The summed E-state index contributed by atoms with van der Waals surface area (Å²) >= 11 is 5.63. The van der Waals surface area contributed by atoms with Crippen molar-refractivity contribution in [3.63, 3.8) is 0 Å². The zero-order valence-electron chi connectivity index (χ0n) is 16.7. The van der Waals surface area contributed by atoms with Crippen LogP contribution in [0.4, 0.5) is 5.69 Å². The second-order valence-corrected chi connectivity index (χ2v) is 10.3. The fourth-order valence-corrected chi connectivity index (χ4v) is 6.93. The fraction of sp³-hybridized carbons (Fsp3) is 0.217. The Hall–Kier alpha value is -2.28. The van der Waals surface area contributed by atoms with Crippen LogP contribution in [0.3, 0.4) is 0 Å². The Kier molecular flexibility index (Phi) is 5.19. The van der Waals surface area contributed by atoms with Gasteiger partial charge in [0.2, 0.25) is 0 Å². The molecule has 29 heavy (non-hydrogen) atoms. The summed E-state index contributed by atoms with van der Waals surface area (Å²) in [5.74, 6) is 0.694. The van der Waals surface area contributed by atoms with Gasteiger partial charge in [-0.25, -0.2) is 0 Å². The number of carbonyl (C=O) groups excluding carboxylic acids is 1. The second-order valence-electron chi connectivity index (χ2n) is 7.52. The van der Waals surface area contributed by atoms with E-state index in [0.717, 1.165) is 36.8 Å². The van der Waals surface area contributed by atoms with Crippen molar-refractivity contribution in [1.82, 2.24) is 0 Å². The normalized spacial score (nSPS) is 14.6. The number of methoxy groups -OCH3 is 1. The lowest BCUT2D eigenvalue weighted by molar-refractivity contribution is -0.115. The third-order valence-electron chi connectivity index (χ3n) is 5.18. The summed E-state index contributed by atoms with van der Waals surface area (Å²) in [6.07, 6.45) is 3.52. The third-order valence-corrected chi connectivity index (χ3v) is 8.51. The molecule has 1 aliphatic rings. The lowest BCUT2D eigenvalue weighted by atomic mass is 9.87. The number of hydrogen-bond acceptors (Lipinski definition) is 5. The Morgan fingerprint density at radius 2 is 1.86 bits per heavy atom. The van der Waals surface area contributed by atoms with Gasteiger partial charge in [0.25, 0.3) is 5.91 Å². The van der Waals surface area contributed by atoms with Crippen molar-refractivity contribution in [1.29, 1.82) is 0 Å². The first-order valence-corrected chi connectivity index (χ1v) is 11.8. The molecule has 0 atom stereocenters. The number of hydrogen-bond donors (Lipinski definition) is 0. The van der Waals surface area contributed by atoms with Gasteiger partial charge in [-0.05, 0) is 50.6 Å². The van der Waals surface area contributed by atoms with Crippen LogP contribution in [0.2, 0.25) is 0 Å². The number of aryl methyl sites for hydroxylation is 1. The number of nitrogens with zero attached hydrogens (tertiary/aromatic N) is 1. The number of carbonyl (C=O) groups is 1. The van der Waals surface area contributed by atoms with Crippen molar-refractivity contribution in [3.8, 4) is 16.9 Å². The highest BCUT2D eigenvalue weighted by Crippen LogP contribution is 2.52. The molecule has 2 heterocycles. The molecule has 0 radical (unpaired) electrons. The van der Waals surface area contributed by atoms with Crippen LogP contribution in [-0.4, -0.2) is 13.0 Å². The van der Waals surface area contributed by atoms with Crippen LogP contribution in [0, 0.1) is 10.7 Å². The van der Waals surface area contributed by atoms with Crippen LogP contribution in [0.25, 0.3) is 17.2 Å². The summed E-state index contributed by atoms with van der Waals surface area (Å²) in [4.78, 5) is 16.4. The minimum atomic E-state index is -0.496. The molecule has 1 aromatic heterocycles. The lowest BCUT2D eigenvalue weighted by Crippen LogP contribution is -2.47. The number of benzene rings is 2. The van der Waals surface area contributed by atoms with E-state index in [1.54, 1.807) is 33.9 Å². The van der Waals surface area contributed by atoms with Gasteiger partial charge in [0, 0.05) is 17.2 Å². The minimum absolute atomic E-state index is 0.0584. The summed E-state index contributed by atoms with van der Waals surface area (Å²) in [7, 11) is 4.88. The maximum atomic E-state index is 13.4. The van der Waals surface area contributed by atoms with E-state index in [2.05, 4.69) is 13.8 Å². The third kappa shape index (κ3) is 3.45. The van der Waals surface area contributed by atoms with Gasteiger partial charge in [-0.3, -0.25) is 9.69 Å². The highest BCUT2D eigenvalue weighted by molar-refractivity contribution is 7.80. The van der Waals surface area contributed by atoms with E-state index in [-0.39, 0.29) is 5.91 Å². The van der Waals surface area contributed by atoms with Crippen molar-refractivity contribution in [2.45, 2.75) is 26.3 Å². The van der Waals surface area contributed by atoms with Crippen LogP contribution in [0.5, 0.6) is 5.75 Å². The molecule has 2 aromatic carbocycles. The molecule has 0 fully saturated rings. The molecular weight excluding hydrogens is 418 g/mol. The van der Waals surface area contributed by atoms with Crippen molar-refractivity contribution in [2.75, 3.05) is 12.0 Å². The molecule has 0 spiro atoms. The molecule has 0 saturated heterocycles. The first-order valence-electron chi connectivity index (χ1n) is 9.24. The van der Waals surface area contributed by atoms with E-state index in [9.17, 15) is 4.79 Å². The predicted octanol–water partition coefficient (Wildman–Crippen LogP) is 6.82. The van der Waals surface area contributed by atoms with E-state index in [1.165, 1.54) is 5.56 Å². The molecule has 0 unspecified atom stereocenters. The van der Waals surface area contributed by atoms with Crippen LogP contribution in [0.15, 0.2) is 48.5 Å². The van der Waals surface area contributed by atoms with E-state index < -0.39 is 5.54 Å².